The molecule has 0 spiro atoms. The van der Waals surface area contributed by atoms with Gasteiger partial charge in [0.05, 0.1) is 0 Å². The van der Waals surface area contributed by atoms with Crippen LogP contribution in [0, 0.1) is 5.92 Å². The molecular weight excluding hydrogens is 348 g/mol. The summed E-state index contributed by atoms with van der Waals surface area (Å²) in [5, 5.41) is 6.26. The molecule has 0 radical (unpaired) electrons. The van der Waals surface area contributed by atoms with E-state index in [1.165, 1.54) is 11.4 Å². The van der Waals surface area contributed by atoms with Crippen molar-refractivity contribution in [1.82, 2.24) is 10.6 Å². The molecule has 5 heteroatoms. The van der Waals surface area contributed by atoms with E-state index in [-0.39, 0.29) is 12.1 Å². The summed E-state index contributed by atoms with van der Waals surface area (Å²) in [5.41, 5.74) is 2.55. The molecule has 2 saturated heterocycles. The molecular formula is C23H30N4O. The number of benzene rings is 2. The van der Waals surface area contributed by atoms with Gasteiger partial charge in [0.1, 0.15) is 0 Å². The zero-order valence-corrected chi connectivity index (χ0v) is 16.4. The molecule has 1 unspecified atom stereocenters. The molecule has 2 aliphatic heterocycles. The van der Waals surface area contributed by atoms with Crippen molar-refractivity contribution in [3.63, 3.8) is 0 Å². The predicted octanol–water partition coefficient (Wildman–Crippen LogP) is 3.48. The van der Waals surface area contributed by atoms with Gasteiger partial charge in [0.25, 0.3) is 0 Å². The topological polar surface area (TPSA) is 47.6 Å². The normalized spacial score (nSPS) is 20.2. The van der Waals surface area contributed by atoms with Crippen LogP contribution in [0.3, 0.4) is 0 Å². The number of nitrogens with one attached hydrogen (secondary N) is 2. The van der Waals surface area contributed by atoms with E-state index in [4.69, 9.17) is 0 Å². The van der Waals surface area contributed by atoms with Crippen LogP contribution in [0.4, 0.5) is 16.2 Å². The van der Waals surface area contributed by atoms with E-state index in [1.807, 2.05) is 12.1 Å². The number of nitrogens with zero attached hydrogens (tertiary/aromatic N) is 2. The maximum absolute atomic E-state index is 12.3. The van der Waals surface area contributed by atoms with Crippen molar-refractivity contribution in [1.29, 1.82) is 0 Å². The Labute approximate surface area is 167 Å². The molecule has 0 bridgehead atoms. The van der Waals surface area contributed by atoms with Gasteiger partial charge in [0, 0.05) is 50.1 Å². The molecule has 5 nitrogen and oxygen atoms in total. The van der Waals surface area contributed by atoms with E-state index in [2.05, 4.69) is 69.0 Å². The second kappa shape index (κ2) is 9.00. The van der Waals surface area contributed by atoms with Crippen molar-refractivity contribution in [2.75, 3.05) is 42.5 Å². The average molecular weight is 379 g/mol. The van der Waals surface area contributed by atoms with Gasteiger partial charge >= 0.3 is 6.03 Å². The smallest absolute Gasteiger partial charge is 0.315 e. The maximum Gasteiger partial charge on any atom is 0.315 e. The molecule has 2 aromatic rings. The zero-order valence-electron chi connectivity index (χ0n) is 16.4. The van der Waals surface area contributed by atoms with Gasteiger partial charge in [0.2, 0.25) is 0 Å². The molecule has 28 heavy (non-hydrogen) atoms. The molecule has 4 rings (SSSR count). The third-order valence-corrected chi connectivity index (χ3v) is 5.91. The van der Waals surface area contributed by atoms with Gasteiger partial charge in [-0.05, 0) is 49.4 Å². The number of piperidine rings is 1. The van der Waals surface area contributed by atoms with Crippen LogP contribution >= 0.6 is 0 Å². The van der Waals surface area contributed by atoms with Crippen LogP contribution in [0.25, 0.3) is 0 Å². The largest absolute Gasteiger partial charge is 0.371 e. The first kappa shape index (κ1) is 18.7. The first-order chi connectivity index (χ1) is 13.8. The summed E-state index contributed by atoms with van der Waals surface area (Å²) in [6.07, 6.45) is 3.12. The van der Waals surface area contributed by atoms with Gasteiger partial charge in [-0.25, -0.2) is 4.79 Å². The molecule has 1 atom stereocenters. The number of para-hydroxylation sites is 2. The number of carbonyl (C=O) groups excluding carboxylic acids is 1. The summed E-state index contributed by atoms with van der Waals surface area (Å²) < 4.78 is 0. The summed E-state index contributed by atoms with van der Waals surface area (Å²) in [4.78, 5) is 17.1. The number of amides is 2. The lowest BCUT2D eigenvalue weighted by Crippen LogP contribution is -2.48. The quantitative estimate of drug-likeness (QED) is 0.837. The number of urea groups is 1. The highest BCUT2D eigenvalue weighted by molar-refractivity contribution is 5.74. The first-order valence-corrected chi connectivity index (χ1v) is 10.4. The highest BCUT2D eigenvalue weighted by Gasteiger charge is 2.24. The molecule has 2 fully saturated rings. The van der Waals surface area contributed by atoms with Crippen LogP contribution in [-0.4, -0.2) is 44.8 Å². The highest BCUT2D eigenvalue weighted by Crippen LogP contribution is 2.23. The minimum absolute atomic E-state index is 0.0173. The van der Waals surface area contributed by atoms with E-state index in [9.17, 15) is 4.79 Å². The fourth-order valence-electron chi connectivity index (χ4n) is 4.27. The summed E-state index contributed by atoms with van der Waals surface area (Å²) in [6.45, 7) is 4.81. The van der Waals surface area contributed by atoms with Gasteiger partial charge in [-0.2, -0.15) is 0 Å². The third kappa shape index (κ3) is 4.77. The minimum atomic E-state index is -0.0173. The molecule has 2 heterocycles. The Morgan fingerprint density at radius 3 is 2.04 bits per heavy atom. The first-order valence-electron chi connectivity index (χ1n) is 10.4. The lowest BCUT2D eigenvalue weighted by molar-refractivity contribution is 0.233. The summed E-state index contributed by atoms with van der Waals surface area (Å²) >= 11 is 0. The van der Waals surface area contributed by atoms with Crippen LogP contribution in [0.1, 0.15) is 19.3 Å². The van der Waals surface area contributed by atoms with Crippen LogP contribution < -0.4 is 20.4 Å². The zero-order chi connectivity index (χ0) is 19.2. The third-order valence-electron chi connectivity index (χ3n) is 5.91. The molecule has 2 aliphatic rings. The SMILES string of the molecule is O=C(NCC1CCN(c2ccccc2)C1)NC1CCN(c2ccccc2)CC1. The van der Waals surface area contributed by atoms with Crippen molar-refractivity contribution in [3.8, 4) is 0 Å². The standard InChI is InChI=1S/C23H30N4O/c28-23(24-17-19-11-14-27(18-19)22-9-5-2-6-10-22)25-20-12-15-26(16-13-20)21-7-3-1-4-8-21/h1-10,19-20H,11-18H2,(H2,24,25,28). The van der Waals surface area contributed by atoms with Crippen LogP contribution in [0.2, 0.25) is 0 Å². The average Bonchev–Trinajstić information content (AvgIpc) is 3.23. The van der Waals surface area contributed by atoms with Gasteiger partial charge in [-0.3, -0.25) is 0 Å². The monoisotopic (exact) mass is 378 g/mol. The van der Waals surface area contributed by atoms with Gasteiger partial charge in [-0.1, -0.05) is 36.4 Å². The van der Waals surface area contributed by atoms with E-state index >= 15 is 0 Å². The lowest BCUT2D eigenvalue weighted by Gasteiger charge is -2.34. The number of anilines is 2. The molecule has 2 N–H and O–H groups in total. The van der Waals surface area contributed by atoms with Crippen LogP contribution in [-0.2, 0) is 0 Å². The number of rotatable bonds is 5. The molecule has 0 aliphatic carbocycles. The lowest BCUT2D eigenvalue weighted by atomic mass is 10.0. The molecule has 2 aromatic carbocycles. The van der Waals surface area contributed by atoms with Gasteiger partial charge in [-0.15, -0.1) is 0 Å². The Balaban J connectivity index is 1.16. The Hall–Kier alpha value is -2.69. The highest BCUT2D eigenvalue weighted by atomic mass is 16.2. The number of hydrogen-bond acceptors (Lipinski definition) is 3. The fourth-order valence-corrected chi connectivity index (χ4v) is 4.27. The van der Waals surface area contributed by atoms with E-state index in [1.54, 1.807) is 0 Å². The number of hydrogen-bond donors (Lipinski definition) is 2. The summed E-state index contributed by atoms with van der Waals surface area (Å²) in [5.74, 6) is 0.519. The van der Waals surface area contributed by atoms with Crippen molar-refractivity contribution >= 4 is 17.4 Å². The van der Waals surface area contributed by atoms with E-state index in [0.717, 1.165) is 52.0 Å². The number of carbonyl (C=O) groups is 1. The Bertz CT molecular complexity index is 744. The van der Waals surface area contributed by atoms with Gasteiger partial charge in [0.15, 0.2) is 0 Å². The Morgan fingerprint density at radius 1 is 0.821 bits per heavy atom. The summed E-state index contributed by atoms with van der Waals surface area (Å²) in [7, 11) is 0. The minimum Gasteiger partial charge on any atom is -0.371 e. The van der Waals surface area contributed by atoms with Crippen molar-refractivity contribution < 1.29 is 4.79 Å². The fraction of sp³-hybridized carbons (Fsp3) is 0.435. The molecule has 148 valence electrons. The van der Waals surface area contributed by atoms with Gasteiger partial charge < -0.3 is 20.4 Å². The van der Waals surface area contributed by atoms with E-state index < -0.39 is 0 Å². The van der Waals surface area contributed by atoms with Crippen molar-refractivity contribution in [2.45, 2.75) is 25.3 Å². The van der Waals surface area contributed by atoms with E-state index in [0.29, 0.717) is 5.92 Å². The Morgan fingerprint density at radius 2 is 1.39 bits per heavy atom. The second-order valence-corrected chi connectivity index (χ2v) is 7.89. The maximum atomic E-state index is 12.3. The molecule has 0 aromatic heterocycles. The summed E-state index contributed by atoms with van der Waals surface area (Å²) in [6, 6.07) is 21.3. The van der Waals surface area contributed by atoms with Crippen LogP contribution in [0.15, 0.2) is 60.7 Å². The molecule has 0 saturated carbocycles. The molecule has 2 amide bonds. The Kier molecular flexibility index (Phi) is 6.00. The second-order valence-electron chi connectivity index (χ2n) is 7.89. The van der Waals surface area contributed by atoms with Crippen molar-refractivity contribution in [2.24, 2.45) is 5.92 Å². The predicted molar refractivity (Wildman–Crippen MR) is 115 cm³/mol. The van der Waals surface area contributed by atoms with Crippen molar-refractivity contribution in [3.05, 3.63) is 60.7 Å². The van der Waals surface area contributed by atoms with Crippen LogP contribution in [0.5, 0.6) is 0 Å².